The molecule has 1 nitrogen and oxygen atoms in total. The van der Waals surface area contributed by atoms with Gasteiger partial charge in [-0.2, -0.15) is 0 Å². The van der Waals surface area contributed by atoms with Crippen molar-refractivity contribution in [3.63, 3.8) is 0 Å². The van der Waals surface area contributed by atoms with Crippen molar-refractivity contribution in [2.45, 2.75) is 139 Å². The van der Waals surface area contributed by atoms with Crippen LogP contribution in [-0.2, 0) is 4.43 Å². The smallest absolute Gasteiger partial charge is 0.252 e. The summed E-state index contributed by atoms with van der Waals surface area (Å²) in [4.78, 5) is 0. The summed E-state index contributed by atoms with van der Waals surface area (Å²) in [7, 11) is -9.58. The maximum atomic E-state index is 6.91. The van der Waals surface area contributed by atoms with Gasteiger partial charge in [-0.05, 0) is 43.4 Å². The predicted octanol–water partition coefficient (Wildman–Crippen LogP) is 10.7. The van der Waals surface area contributed by atoms with Crippen molar-refractivity contribution in [2.24, 2.45) is 0 Å². The number of allylic oxidation sites excluding steroid dienone is 3. The first kappa shape index (κ1) is 37.4. The van der Waals surface area contributed by atoms with Crippen LogP contribution in [-0.4, -0.2) is 63.9 Å². The van der Waals surface area contributed by atoms with Crippen LogP contribution in [0.1, 0.15) is 32.2 Å². The normalized spacial score (nSPS) is 19.7. The lowest BCUT2D eigenvalue weighted by Crippen LogP contribution is -2.60. The maximum absolute atomic E-state index is 6.91. The van der Waals surface area contributed by atoms with E-state index < -0.39 is 56.8 Å². The van der Waals surface area contributed by atoms with Crippen molar-refractivity contribution in [1.29, 1.82) is 0 Å². The molecule has 2 rings (SSSR count). The highest BCUT2D eigenvalue weighted by molar-refractivity contribution is 7.00. The molecule has 1 aliphatic rings. The molecule has 0 saturated carbocycles. The van der Waals surface area contributed by atoms with E-state index in [2.05, 4.69) is 154 Å². The first-order chi connectivity index (χ1) is 18.1. The predicted molar refractivity (Wildman–Crippen MR) is 210 cm³/mol. The van der Waals surface area contributed by atoms with Crippen molar-refractivity contribution < 1.29 is 4.43 Å². The van der Waals surface area contributed by atoms with Gasteiger partial charge in [-0.1, -0.05) is 154 Å². The zero-order valence-electron chi connectivity index (χ0n) is 30.8. The highest BCUT2D eigenvalue weighted by atomic mass is 28.4. The van der Waals surface area contributed by atoms with Crippen LogP contribution in [0, 0.1) is 0 Å². The molecule has 1 unspecified atom stereocenters. The van der Waals surface area contributed by atoms with Crippen molar-refractivity contribution in [2.75, 3.05) is 7.11 Å². The lowest BCUT2D eigenvalue weighted by molar-refractivity contribution is 0.416. The molecule has 0 aliphatic carbocycles. The minimum Gasteiger partial charge on any atom is -0.411 e. The number of hydrogen-bond acceptors (Lipinski definition) is 1. The van der Waals surface area contributed by atoms with Crippen molar-refractivity contribution in [1.82, 2.24) is 0 Å². The molecule has 0 spiro atoms. The molecule has 1 aliphatic heterocycles. The fraction of sp³-hybridized carbons (Fsp3) is 0.697. The number of benzene rings is 1. The Morgan fingerprint density at radius 2 is 0.878 bits per heavy atom. The first-order valence-corrected chi connectivity index (χ1v) is 39.8. The summed E-state index contributed by atoms with van der Waals surface area (Å²) < 4.78 is 6.91. The first-order valence-electron chi connectivity index (χ1n) is 16.2. The lowest BCUT2D eigenvalue weighted by atomic mass is 10.1. The summed E-state index contributed by atoms with van der Waals surface area (Å²) >= 11 is 0. The Balaban J connectivity index is 3.41. The van der Waals surface area contributed by atoms with Crippen molar-refractivity contribution in [3.05, 3.63) is 52.8 Å². The van der Waals surface area contributed by atoms with Crippen LogP contribution in [0.4, 0.5) is 0 Å². The Hall–Kier alpha value is 0.178. The van der Waals surface area contributed by atoms with Gasteiger partial charge in [0.2, 0.25) is 0 Å². The van der Waals surface area contributed by atoms with Crippen molar-refractivity contribution in [3.8, 4) is 0 Å². The summed E-state index contributed by atoms with van der Waals surface area (Å²) in [6, 6.07) is 6.75. The van der Waals surface area contributed by atoms with Crippen LogP contribution in [0.15, 0.2) is 36.1 Å². The Morgan fingerprint density at radius 1 is 0.537 bits per heavy atom. The minimum atomic E-state index is -2.37. The second kappa shape index (κ2) is 12.2. The molecule has 0 aromatic heterocycles. The second-order valence-corrected chi connectivity index (χ2v) is 56.7. The largest absolute Gasteiger partial charge is 0.411 e. The molecule has 0 saturated heterocycles. The maximum Gasteiger partial charge on any atom is 0.252 e. The van der Waals surface area contributed by atoms with Gasteiger partial charge in [0.1, 0.15) is 0 Å². The quantitative estimate of drug-likeness (QED) is 0.212. The average Bonchev–Trinajstić information content (AvgIpc) is 2.67. The summed E-state index contributed by atoms with van der Waals surface area (Å²) in [5, 5.41) is 3.88. The summed E-state index contributed by atoms with van der Waals surface area (Å²) in [5.74, 6) is 0. The summed E-state index contributed by atoms with van der Waals surface area (Å²) in [5.41, 5.74) is 7.79. The van der Waals surface area contributed by atoms with Gasteiger partial charge >= 0.3 is 0 Å². The molecule has 1 aromatic carbocycles. The van der Waals surface area contributed by atoms with E-state index in [4.69, 9.17) is 4.43 Å². The molecule has 0 radical (unpaired) electrons. The van der Waals surface area contributed by atoms with E-state index in [9.17, 15) is 0 Å². The molecule has 0 N–H and O–H groups in total. The molecular weight excluding hydrogens is 609 g/mol. The van der Waals surface area contributed by atoms with Gasteiger partial charge in [-0.25, -0.2) is 0 Å². The molecule has 1 aromatic rings. The standard InChI is InChI=1S/C33H68OSi7/c1-34-41(23-21-20-22-24-41)30-28(32(37(8,9)10)38(11,12)13)25-27(31(35(2,3)4)36(5,6)7)26-29(30)33(39(14,15)16)40(17,18)19/h20-23,25-26,31-33H,24H2,1-19H3. The Labute approximate surface area is 264 Å². The van der Waals surface area contributed by atoms with E-state index in [1.54, 1.807) is 21.9 Å². The van der Waals surface area contributed by atoms with Crippen LogP contribution < -0.4 is 5.19 Å². The fourth-order valence-corrected chi connectivity index (χ4v) is 51.7. The topological polar surface area (TPSA) is 9.23 Å². The van der Waals surface area contributed by atoms with Gasteiger partial charge < -0.3 is 4.43 Å². The van der Waals surface area contributed by atoms with Gasteiger partial charge in [0.15, 0.2) is 0 Å². The zero-order chi connectivity index (χ0) is 32.2. The summed E-state index contributed by atoms with van der Waals surface area (Å²) in [6.07, 6.45) is 7.00. The molecule has 41 heavy (non-hydrogen) atoms. The van der Waals surface area contributed by atoms with E-state index in [0.29, 0.717) is 10.3 Å². The van der Waals surface area contributed by atoms with Crippen LogP contribution >= 0.6 is 0 Å². The molecular formula is C33H68OSi7. The Kier molecular flexibility index (Phi) is 11.1. The van der Waals surface area contributed by atoms with Crippen LogP contribution in [0.2, 0.25) is 124 Å². The highest BCUT2D eigenvalue weighted by Gasteiger charge is 2.50. The van der Waals surface area contributed by atoms with E-state index in [1.807, 2.05) is 7.11 Å². The second-order valence-electron chi connectivity index (χ2n) is 19.7. The van der Waals surface area contributed by atoms with Gasteiger partial charge in [-0.15, -0.1) is 0 Å². The molecule has 0 amide bonds. The molecule has 0 fully saturated rings. The van der Waals surface area contributed by atoms with E-state index in [0.717, 1.165) is 11.2 Å². The van der Waals surface area contributed by atoms with E-state index in [-0.39, 0.29) is 0 Å². The lowest BCUT2D eigenvalue weighted by Gasteiger charge is -2.48. The SMILES string of the molecule is CO[Si]1(c2c(C([Si](C)(C)C)[Si](C)(C)C)cc(C([Si](C)(C)C)[Si](C)(C)C)cc2C([Si](C)(C)C)[Si](C)(C)C)C=CC=CC1. The fourth-order valence-electron chi connectivity index (χ4n) is 9.63. The highest BCUT2D eigenvalue weighted by Crippen LogP contribution is 2.45. The van der Waals surface area contributed by atoms with Crippen molar-refractivity contribution >= 4 is 61.9 Å². The Morgan fingerprint density at radius 3 is 1.12 bits per heavy atom. The van der Waals surface area contributed by atoms with Crippen LogP contribution in [0.3, 0.4) is 0 Å². The van der Waals surface area contributed by atoms with E-state index >= 15 is 0 Å². The third kappa shape index (κ3) is 8.46. The molecule has 1 atom stereocenters. The summed E-state index contributed by atoms with van der Waals surface area (Å²) in [6.45, 7) is 47.8. The van der Waals surface area contributed by atoms with E-state index in [1.165, 1.54) is 0 Å². The molecule has 0 bridgehead atoms. The van der Waals surface area contributed by atoms with Gasteiger partial charge in [0.05, 0.1) is 0 Å². The number of hydrogen-bond donors (Lipinski definition) is 0. The minimum absolute atomic E-state index is 0.704. The molecule has 8 heteroatoms. The van der Waals surface area contributed by atoms with Gasteiger partial charge in [-0.3, -0.25) is 0 Å². The zero-order valence-corrected chi connectivity index (χ0v) is 37.8. The average molecular weight is 678 g/mol. The third-order valence-corrected chi connectivity index (χ3v) is 40.8. The third-order valence-electron chi connectivity index (χ3n) is 9.19. The Bertz CT molecular complexity index is 1030. The molecule has 1 heterocycles. The van der Waals surface area contributed by atoms with Crippen LogP contribution in [0.5, 0.6) is 0 Å². The van der Waals surface area contributed by atoms with Crippen LogP contribution in [0.25, 0.3) is 0 Å². The van der Waals surface area contributed by atoms with Gasteiger partial charge in [0.25, 0.3) is 8.32 Å². The van der Waals surface area contributed by atoms with Gasteiger partial charge in [0, 0.05) is 55.6 Å². The monoisotopic (exact) mass is 676 g/mol. The number of rotatable bonds is 11. The molecule has 234 valence electrons.